The average molecular weight is 337 g/mol. The summed E-state index contributed by atoms with van der Waals surface area (Å²) in [7, 11) is 0. The quantitative estimate of drug-likeness (QED) is 0.673. The van der Waals surface area contributed by atoms with E-state index in [0.29, 0.717) is 0 Å². The van der Waals surface area contributed by atoms with Crippen LogP contribution in [0.15, 0.2) is 16.6 Å². The molecule has 1 aromatic rings. The van der Waals surface area contributed by atoms with E-state index < -0.39 is 0 Å². The van der Waals surface area contributed by atoms with E-state index in [-0.39, 0.29) is 0 Å². The normalized spacial score (nSPS) is 16.6. The van der Waals surface area contributed by atoms with Crippen LogP contribution in [0, 0.1) is 10.5 Å². The lowest BCUT2D eigenvalue weighted by Gasteiger charge is -2.05. The molecule has 1 aliphatic carbocycles. The summed E-state index contributed by atoms with van der Waals surface area (Å²) in [6.07, 6.45) is 2.76. The van der Waals surface area contributed by atoms with Crippen LogP contribution in [0.25, 0.3) is 0 Å². The van der Waals surface area contributed by atoms with Crippen molar-refractivity contribution in [3.05, 3.63) is 31.3 Å². The summed E-state index contributed by atoms with van der Waals surface area (Å²) in [4.78, 5) is 0. The van der Waals surface area contributed by atoms with Crippen LogP contribution in [0.2, 0.25) is 0 Å². The fourth-order valence-corrected chi connectivity index (χ4v) is 2.79. The minimum absolute atomic E-state index is 0.855. The van der Waals surface area contributed by atoms with Gasteiger partial charge in [0.15, 0.2) is 0 Å². The first-order chi connectivity index (χ1) is 5.68. The van der Waals surface area contributed by atoms with Gasteiger partial charge < -0.3 is 0 Å². The van der Waals surface area contributed by atoms with Gasteiger partial charge in [-0.05, 0) is 71.5 Å². The number of aryl methyl sites for hydroxylation is 1. The first-order valence-corrected chi connectivity index (χ1v) is 6.01. The van der Waals surface area contributed by atoms with Crippen molar-refractivity contribution < 1.29 is 0 Å². The van der Waals surface area contributed by atoms with Gasteiger partial charge in [0.05, 0.1) is 0 Å². The molecule has 0 spiro atoms. The van der Waals surface area contributed by atoms with Crippen LogP contribution < -0.4 is 0 Å². The topological polar surface area (TPSA) is 0 Å². The molecule has 1 saturated carbocycles. The zero-order valence-electron chi connectivity index (χ0n) is 6.90. The Morgan fingerprint density at radius 2 is 2.08 bits per heavy atom. The third kappa shape index (κ3) is 1.69. The predicted molar refractivity (Wildman–Crippen MR) is 63.6 cm³/mol. The maximum atomic E-state index is 3.57. The summed E-state index contributed by atoms with van der Waals surface area (Å²) < 4.78 is 2.68. The largest absolute Gasteiger partial charge is 0.0505 e. The first kappa shape index (κ1) is 9.00. The average Bonchev–Trinajstić information content (AvgIpc) is 2.79. The molecule has 1 fully saturated rings. The molecule has 2 heteroatoms. The monoisotopic (exact) mass is 336 g/mol. The highest BCUT2D eigenvalue weighted by Crippen LogP contribution is 2.43. The van der Waals surface area contributed by atoms with Crippen molar-refractivity contribution in [3.63, 3.8) is 0 Å². The Morgan fingerprint density at radius 1 is 1.42 bits per heavy atom. The highest BCUT2D eigenvalue weighted by atomic mass is 127. The number of hydrogen-bond acceptors (Lipinski definition) is 0. The molecule has 0 N–H and O–H groups in total. The number of benzene rings is 1. The van der Waals surface area contributed by atoms with E-state index in [9.17, 15) is 0 Å². The van der Waals surface area contributed by atoms with Crippen LogP contribution in [0.1, 0.15) is 29.9 Å². The van der Waals surface area contributed by atoms with E-state index in [1.54, 1.807) is 0 Å². The maximum absolute atomic E-state index is 3.57. The van der Waals surface area contributed by atoms with E-state index in [4.69, 9.17) is 0 Å². The number of halogens is 2. The lowest BCUT2D eigenvalue weighted by atomic mass is 10.1. The number of rotatable bonds is 1. The summed E-state index contributed by atoms with van der Waals surface area (Å²) in [5, 5.41) is 0. The van der Waals surface area contributed by atoms with Crippen molar-refractivity contribution in [2.24, 2.45) is 0 Å². The van der Waals surface area contributed by atoms with E-state index >= 15 is 0 Å². The molecule has 1 aromatic carbocycles. The van der Waals surface area contributed by atoms with Crippen LogP contribution in [-0.4, -0.2) is 0 Å². The van der Waals surface area contributed by atoms with Gasteiger partial charge in [0.25, 0.3) is 0 Å². The second-order valence-electron chi connectivity index (χ2n) is 3.40. The summed E-state index contributed by atoms with van der Waals surface area (Å²) in [5.74, 6) is 0.855. The fourth-order valence-electron chi connectivity index (χ4n) is 1.37. The van der Waals surface area contributed by atoms with E-state index in [1.165, 1.54) is 32.0 Å². The van der Waals surface area contributed by atoms with Gasteiger partial charge in [-0.3, -0.25) is 0 Å². The molecule has 0 amide bonds. The molecular weight excluding hydrogens is 327 g/mol. The molecule has 0 bridgehead atoms. The molecule has 0 radical (unpaired) electrons. The second-order valence-corrected chi connectivity index (χ2v) is 5.41. The van der Waals surface area contributed by atoms with Gasteiger partial charge in [0, 0.05) is 8.04 Å². The lowest BCUT2D eigenvalue weighted by Crippen LogP contribution is -1.87. The predicted octanol–water partition coefficient (Wildman–Crippen LogP) is 4.24. The van der Waals surface area contributed by atoms with E-state index in [1.807, 2.05) is 0 Å². The van der Waals surface area contributed by atoms with E-state index in [0.717, 1.165) is 5.92 Å². The van der Waals surface area contributed by atoms with Gasteiger partial charge in [0.2, 0.25) is 0 Å². The molecule has 0 aromatic heterocycles. The molecule has 0 unspecified atom stereocenters. The minimum atomic E-state index is 0.855. The molecule has 0 aliphatic heterocycles. The standard InChI is InChI=1S/C10H10BrI/c1-6-4-10(12)8(5-9(6)11)7-2-3-7/h4-5,7H,2-3H2,1H3. The van der Waals surface area contributed by atoms with Crippen molar-refractivity contribution in [1.29, 1.82) is 0 Å². The van der Waals surface area contributed by atoms with Crippen molar-refractivity contribution in [2.75, 3.05) is 0 Å². The molecule has 0 atom stereocenters. The summed E-state index contributed by atoms with van der Waals surface area (Å²) in [6, 6.07) is 4.55. The summed E-state index contributed by atoms with van der Waals surface area (Å²) >= 11 is 6.01. The van der Waals surface area contributed by atoms with Crippen molar-refractivity contribution in [3.8, 4) is 0 Å². The van der Waals surface area contributed by atoms with E-state index in [2.05, 4.69) is 57.6 Å². The SMILES string of the molecule is Cc1cc(I)c(C2CC2)cc1Br. The van der Waals surface area contributed by atoms with Gasteiger partial charge >= 0.3 is 0 Å². The zero-order chi connectivity index (χ0) is 8.72. The molecule has 0 saturated heterocycles. The Balaban J connectivity index is 2.47. The molecule has 1 aliphatic rings. The Labute approximate surface area is 95.0 Å². The van der Waals surface area contributed by atoms with Crippen molar-refractivity contribution in [2.45, 2.75) is 25.7 Å². The Bertz CT molecular complexity index is 316. The van der Waals surface area contributed by atoms with Gasteiger partial charge in [-0.1, -0.05) is 15.9 Å². The van der Waals surface area contributed by atoms with Gasteiger partial charge in [0.1, 0.15) is 0 Å². The zero-order valence-corrected chi connectivity index (χ0v) is 10.6. The van der Waals surface area contributed by atoms with Crippen molar-refractivity contribution >= 4 is 38.5 Å². The highest BCUT2D eigenvalue weighted by molar-refractivity contribution is 14.1. The molecule has 0 nitrogen and oxygen atoms in total. The maximum Gasteiger partial charge on any atom is 0.0208 e. The minimum Gasteiger partial charge on any atom is -0.0505 e. The van der Waals surface area contributed by atoms with Gasteiger partial charge in [-0.25, -0.2) is 0 Å². The molecular formula is C10H10BrI. The second kappa shape index (κ2) is 3.29. The van der Waals surface area contributed by atoms with Crippen molar-refractivity contribution in [1.82, 2.24) is 0 Å². The summed E-state index contributed by atoms with van der Waals surface area (Å²) in [5.41, 5.74) is 2.87. The molecule has 12 heavy (non-hydrogen) atoms. The van der Waals surface area contributed by atoms with Crippen LogP contribution >= 0.6 is 38.5 Å². The lowest BCUT2D eigenvalue weighted by molar-refractivity contribution is 1.10. The van der Waals surface area contributed by atoms with Crippen LogP contribution in [0.3, 0.4) is 0 Å². The van der Waals surface area contributed by atoms with Crippen LogP contribution in [0.4, 0.5) is 0 Å². The van der Waals surface area contributed by atoms with Gasteiger partial charge in [-0.15, -0.1) is 0 Å². The third-order valence-electron chi connectivity index (χ3n) is 2.30. The smallest absolute Gasteiger partial charge is 0.0208 e. The molecule has 0 heterocycles. The Hall–Kier alpha value is 0.430. The fraction of sp³-hybridized carbons (Fsp3) is 0.400. The van der Waals surface area contributed by atoms with Crippen LogP contribution in [-0.2, 0) is 0 Å². The number of hydrogen-bond donors (Lipinski definition) is 0. The van der Waals surface area contributed by atoms with Crippen LogP contribution in [0.5, 0.6) is 0 Å². The Kier molecular flexibility index (Phi) is 2.47. The van der Waals surface area contributed by atoms with Gasteiger partial charge in [-0.2, -0.15) is 0 Å². The first-order valence-electron chi connectivity index (χ1n) is 4.14. The molecule has 64 valence electrons. The molecule has 2 rings (SSSR count). The highest BCUT2D eigenvalue weighted by Gasteiger charge is 2.25. The third-order valence-corrected chi connectivity index (χ3v) is 4.08. The summed E-state index contributed by atoms with van der Waals surface area (Å²) in [6.45, 7) is 2.14. The Morgan fingerprint density at radius 3 is 2.67 bits per heavy atom.